The van der Waals surface area contributed by atoms with Crippen molar-refractivity contribution in [2.45, 2.75) is 50.1 Å². The molecule has 0 amide bonds. The summed E-state index contributed by atoms with van der Waals surface area (Å²) < 4.78 is 27.2. The maximum atomic E-state index is 12.9. The fourth-order valence-corrected chi connectivity index (χ4v) is 6.09. The molecule has 3 rings (SSSR count). The third kappa shape index (κ3) is 4.82. The first kappa shape index (κ1) is 21.8. The van der Waals surface area contributed by atoms with Crippen LogP contribution in [0.3, 0.4) is 0 Å². The third-order valence-electron chi connectivity index (χ3n) is 4.90. The van der Waals surface area contributed by atoms with Gasteiger partial charge in [-0.3, -0.25) is 4.79 Å². The van der Waals surface area contributed by atoms with E-state index in [0.29, 0.717) is 24.6 Å². The molecule has 0 saturated carbocycles. The standard InChI is InChI=1S/C19H26N4O4S2/c1-13-12-22(29(26,27)18-21-20-17(28-18)11-14(2)24)9-10-23(13)16-7-5-15(6-8-16)19(3,4)25/h5-8,13,25H,9-12H2,1-4H3/t13-/m0/s1. The minimum absolute atomic E-state index is 0.0314. The van der Waals surface area contributed by atoms with Gasteiger partial charge in [0, 0.05) is 31.4 Å². The Hall–Kier alpha value is -1.88. The highest BCUT2D eigenvalue weighted by Crippen LogP contribution is 2.28. The SMILES string of the molecule is CC(=O)Cc1nnc(S(=O)(=O)N2CCN(c3ccc(C(C)(C)O)cc3)[C@@H](C)C2)s1. The average molecular weight is 439 g/mol. The van der Waals surface area contributed by atoms with Gasteiger partial charge in [0.25, 0.3) is 10.0 Å². The number of ketones is 1. The number of Topliss-reactive ketones (excluding diaryl/α,β-unsaturated/α-hetero) is 1. The van der Waals surface area contributed by atoms with Gasteiger partial charge in [-0.25, -0.2) is 8.42 Å². The van der Waals surface area contributed by atoms with E-state index in [0.717, 1.165) is 22.6 Å². The van der Waals surface area contributed by atoms with Crippen LogP contribution in [0.25, 0.3) is 0 Å². The van der Waals surface area contributed by atoms with Gasteiger partial charge in [0.1, 0.15) is 10.8 Å². The van der Waals surface area contributed by atoms with E-state index in [1.165, 1.54) is 11.2 Å². The monoisotopic (exact) mass is 438 g/mol. The predicted molar refractivity (Wildman–Crippen MR) is 112 cm³/mol. The summed E-state index contributed by atoms with van der Waals surface area (Å²) in [6.07, 6.45) is 0.0952. The molecule has 0 aliphatic carbocycles. The minimum Gasteiger partial charge on any atom is -0.386 e. The molecule has 158 valence electrons. The molecule has 1 fully saturated rings. The molecule has 8 nitrogen and oxygen atoms in total. The maximum absolute atomic E-state index is 12.9. The van der Waals surface area contributed by atoms with Crippen LogP contribution >= 0.6 is 11.3 Å². The van der Waals surface area contributed by atoms with Crippen molar-refractivity contribution >= 4 is 32.8 Å². The van der Waals surface area contributed by atoms with Crippen LogP contribution in [-0.4, -0.2) is 59.5 Å². The Morgan fingerprint density at radius 3 is 2.45 bits per heavy atom. The number of hydrogen-bond donors (Lipinski definition) is 1. The van der Waals surface area contributed by atoms with E-state index in [9.17, 15) is 18.3 Å². The van der Waals surface area contributed by atoms with E-state index in [1.807, 2.05) is 31.2 Å². The molecule has 1 N–H and O–H groups in total. The van der Waals surface area contributed by atoms with Gasteiger partial charge in [-0.05, 0) is 45.4 Å². The summed E-state index contributed by atoms with van der Waals surface area (Å²) in [4.78, 5) is 13.4. The lowest BCUT2D eigenvalue weighted by Gasteiger charge is -2.40. The van der Waals surface area contributed by atoms with Gasteiger partial charge in [0.05, 0.1) is 12.0 Å². The second-order valence-electron chi connectivity index (χ2n) is 7.85. The van der Waals surface area contributed by atoms with Gasteiger partial charge < -0.3 is 10.0 Å². The Kier molecular flexibility index (Phi) is 6.09. The van der Waals surface area contributed by atoms with Gasteiger partial charge in [-0.15, -0.1) is 10.2 Å². The Labute approximate surface area is 175 Å². The Morgan fingerprint density at radius 2 is 1.90 bits per heavy atom. The smallest absolute Gasteiger partial charge is 0.272 e. The summed E-state index contributed by atoms with van der Waals surface area (Å²) in [5, 5.41) is 18.2. The molecule has 1 atom stereocenters. The molecule has 2 aromatic rings. The number of benzene rings is 1. The van der Waals surface area contributed by atoms with Crippen molar-refractivity contribution in [2.24, 2.45) is 0 Å². The molecular formula is C19H26N4O4S2. The Balaban J connectivity index is 1.72. The highest BCUT2D eigenvalue weighted by atomic mass is 32.2. The lowest BCUT2D eigenvalue weighted by Crippen LogP contribution is -2.53. The average Bonchev–Trinajstić information content (AvgIpc) is 3.09. The van der Waals surface area contributed by atoms with E-state index in [-0.39, 0.29) is 22.6 Å². The molecule has 0 radical (unpaired) electrons. The van der Waals surface area contributed by atoms with Crippen LogP contribution in [0.2, 0.25) is 0 Å². The van der Waals surface area contributed by atoms with Crippen molar-refractivity contribution < 1.29 is 18.3 Å². The van der Waals surface area contributed by atoms with Crippen LogP contribution in [0.15, 0.2) is 28.6 Å². The zero-order chi connectivity index (χ0) is 21.4. The number of sulfonamides is 1. The van der Waals surface area contributed by atoms with Gasteiger partial charge in [0.15, 0.2) is 0 Å². The summed E-state index contributed by atoms with van der Waals surface area (Å²) in [6, 6.07) is 7.65. The normalized spacial score (nSPS) is 18.8. The number of aromatic nitrogens is 2. The molecule has 1 aromatic carbocycles. The van der Waals surface area contributed by atoms with E-state index < -0.39 is 15.6 Å². The van der Waals surface area contributed by atoms with Crippen LogP contribution < -0.4 is 4.90 Å². The lowest BCUT2D eigenvalue weighted by atomic mass is 9.98. The summed E-state index contributed by atoms with van der Waals surface area (Å²) >= 11 is 0.954. The molecule has 29 heavy (non-hydrogen) atoms. The number of aliphatic hydroxyl groups is 1. The summed E-state index contributed by atoms with van der Waals surface area (Å²) in [5.74, 6) is -0.0806. The highest BCUT2D eigenvalue weighted by Gasteiger charge is 2.34. The summed E-state index contributed by atoms with van der Waals surface area (Å²) in [5.41, 5.74) is 0.912. The number of carbonyl (C=O) groups excluding carboxylic acids is 1. The van der Waals surface area contributed by atoms with Crippen molar-refractivity contribution in [1.29, 1.82) is 0 Å². The lowest BCUT2D eigenvalue weighted by molar-refractivity contribution is -0.116. The van der Waals surface area contributed by atoms with Gasteiger partial charge in [-0.1, -0.05) is 23.5 Å². The van der Waals surface area contributed by atoms with Crippen LogP contribution in [0.1, 0.15) is 38.3 Å². The van der Waals surface area contributed by atoms with Crippen molar-refractivity contribution in [3.05, 3.63) is 34.8 Å². The third-order valence-corrected chi connectivity index (χ3v) is 8.04. The molecule has 2 heterocycles. The zero-order valence-electron chi connectivity index (χ0n) is 17.0. The first-order valence-electron chi connectivity index (χ1n) is 9.40. The predicted octanol–water partition coefficient (Wildman–Crippen LogP) is 1.80. The number of carbonyl (C=O) groups is 1. The number of rotatable bonds is 6. The maximum Gasteiger partial charge on any atom is 0.272 e. The molecule has 1 saturated heterocycles. The number of nitrogens with zero attached hydrogens (tertiary/aromatic N) is 4. The number of hydrogen-bond acceptors (Lipinski definition) is 8. The molecule has 10 heteroatoms. The van der Waals surface area contributed by atoms with Crippen molar-refractivity contribution in [1.82, 2.24) is 14.5 Å². The number of piperazine rings is 1. The molecule has 1 aliphatic rings. The Morgan fingerprint density at radius 1 is 1.24 bits per heavy atom. The molecule has 1 aliphatic heterocycles. The first-order valence-corrected chi connectivity index (χ1v) is 11.7. The van der Waals surface area contributed by atoms with Crippen molar-refractivity contribution in [3.63, 3.8) is 0 Å². The highest BCUT2D eigenvalue weighted by molar-refractivity contribution is 7.91. The minimum atomic E-state index is -3.73. The second-order valence-corrected chi connectivity index (χ2v) is 11.0. The van der Waals surface area contributed by atoms with Gasteiger partial charge in [-0.2, -0.15) is 4.31 Å². The largest absolute Gasteiger partial charge is 0.386 e. The van der Waals surface area contributed by atoms with Gasteiger partial charge >= 0.3 is 0 Å². The molecule has 0 bridgehead atoms. The Bertz CT molecular complexity index is 980. The van der Waals surface area contributed by atoms with Crippen LogP contribution in [0, 0.1) is 0 Å². The van der Waals surface area contributed by atoms with E-state index in [1.54, 1.807) is 13.8 Å². The van der Waals surface area contributed by atoms with Crippen LogP contribution in [-0.2, 0) is 26.8 Å². The molecule has 0 unspecified atom stereocenters. The number of anilines is 1. The van der Waals surface area contributed by atoms with E-state index in [4.69, 9.17) is 0 Å². The first-order chi connectivity index (χ1) is 13.5. The van der Waals surface area contributed by atoms with Crippen molar-refractivity contribution in [3.8, 4) is 0 Å². The summed E-state index contributed by atoms with van der Waals surface area (Å²) in [6.45, 7) is 8.10. The molecule has 1 aromatic heterocycles. The zero-order valence-corrected chi connectivity index (χ0v) is 18.6. The fraction of sp³-hybridized carbons (Fsp3) is 0.526. The van der Waals surface area contributed by atoms with Gasteiger partial charge in [0.2, 0.25) is 4.34 Å². The topological polar surface area (TPSA) is 104 Å². The quantitative estimate of drug-likeness (QED) is 0.733. The second kappa shape index (κ2) is 8.10. The van der Waals surface area contributed by atoms with E-state index >= 15 is 0 Å². The van der Waals surface area contributed by atoms with Crippen LogP contribution in [0.5, 0.6) is 0 Å². The van der Waals surface area contributed by atoms with Crippen LogP contribution in [0.4, 0.5) is 5.69 Å². The molecular weight excluding hydrogens is 412 g/mol. The van der Waals surface area contributed by atoms with E-state index in [2.05, 4.69) is 15.1 Å². The fourth-order valence-electron chi connectivity index (χ4n) is 3.32. The molecule has 0 spiro atoms. The summed E-state index contributed by atoms with van der Waals surface area (Å²) in [7, 11) is -3.73. The van der Waals surface area contributed by atoms with Crippen molar-refractivity contribution in [2.75, 3.05) is 24.5 Å².